The van der Waals surface area contributed by atoms with Crippen LogP contribution in [0.5, 0.6) is 0 Å². The first-order valence-corrected chi connectivity index (χ1v) is 8.74. The van der Waals surface area contributed by atoms with Crippen molar-refractivity contribution >= 4 is 22.4 Å². The first kappa shape index (κ1) is 14.2. The zero-order valence-corrected chi connectivity index (χ0v) is 13.8. The van der Waals surface area contributed by atoms with Crippen LogP contribution < -0.4 is 0 Å². The summed E-state index contributed by atoms with van der Waals surface area (Å²) < 4.78 is 2.38. The summed E-state index contributed by atoms with van der Waals surface area (Å²) >= 11 is 1.79. The number of nitrogens with zero attached hydrogens (tertiary/aromatic N) is 2. The molecule has 0 aliphatic carbocycles. The fourth-order valence-corrected chi connectivity index (χ4v) is 3.80. The van der Waals surface area contributed by atoms with Crippen molar-refractivity contribution in [3.8, 4) is 0 Å². The Morgan fingerprint density at radius 2 is 1.74 bits per heavy atom. The van der Waals surface area contributed by atoms with E-state index in [1.165, 1.54) is 16.0 Å². The van der Waals surface area contributed by atoms with Gasteiger partial charge in [-0.2, -0.15) is 0 Å². The summed E-state index contributed by atoms with van der Waals surface area (Å²) in [4.78, 5) is 6.25. The minimum Gasteiger partial charge on any atom is -0.320 e. The third-order valence-electron chi connectivity index (χ3n) is 4.25. The second-order valence-corrected chi connectivity index (χ2v) is 6.76. The van der Waals surface area contributed by atoms with Crippen LogP contribution in [0.15, 0.2) is 72.1 Å². The van der Waals surface area contributed by atoms with E-state index in [9.17, 15) is 0 Å². The quantitative estimate of drug-likeness (QED) is 0.499. The SMILES string of the molecule is CC(c1ccccc1)n1c(Cc2cccs2)nc2ccccc21. The molecule has 0 radical (unpaired) electrons. The fraction of sp³-hybridized carbons (Fsp3) is 0.150. The van der Waals surface area contributed by atoms with Gasteiger partial charge in [0.2, 0.25) is 0 Å². The van der Waals surface area contributed by atoms with Gasteiger partial charge in [-0.05, 0) is 36.1 Å². The van der Waals surface area contributed by atoms with E-state index in [2.05, 4.69) is 83.6 Å². The summed E-state index contributed by atoms with van der Waals surface area (Å²) in [5.74, 6) is 1.13. The number of para-hydroxylation sites is 2. The van der Waals surface area contributed by atoms with Crippen LogP contribution in [0.25, 0.3) is 11.0 Å². The summed E-state index contributed by atoms with van der Waals surface area (Å²) in [6, 6.07) is 23.6. The van der Waals surface area contributed by atoms with E-state index in [0.29, 0.717) is 0 Å². The molecule has 0 amide bonds. The number of rotatable bonds is 4. The molecule has 0 spiro atoms. The predicted octanol–water partition coefficient (Wildman–Crippen LogP) is 5.30. The molecule has 3 heteroatoms. The third kappa shape index (κ3) is 2.68. The number of aromatic nitrogens is 2. The van der Waals surface area contributed by atoms with Gasteiger partial charge in [0.1, 0.15) is 5.82 Å². The topological polar surface area (TPSA) is 17.8 Å². The van der Waals surface area contributed by atoms with E-state index in [4.69, 9.17) is 4.98 Å². The van der Waals surface area contributed by atoms with Gasteiger partial charge in [0.05, 0.1) is 17.1 Å². The lowest BCUT2D eigenvalue weighted by atomic mass is 10.1. The summed E-state index contributed by atoms with van der Waals surface area (Å²) in [5, 5.41) is 2.13. The standard InChI is InChI=1S/C20H18N2S/c1-15(16-8-3-2-4-9-16)22-19-12-6-5-11-18(19)21-20(22)14-17-10-7-13-23-17/h2-13,15H,14H2,1H3. The zero-order valence-electron chi connectivity index (χ0n) is 13.0. The van der Waals surface area contributed by atoms with Crippen LogP contribution in [0, 0.1) is 0 Å². The Balaban J connectivity index is 1.85. The van der Waals surface area contributed by atoms with Crippen molar-refractivity contribution in [2.24, 2.45) is 0 Å². The molecule has 0 N–H and O–H groups in total. The Labute approximate surface area is 140 Å². The second kappa shape index (κ2) is 6.01. The van der Waals surface area contributed by atoms with Crippen molar-refractivity contribution in [2.45, 2.75) is 19.4 Å². The van der Waals surface area contributed by atoms with Gasteiger partial charge < -0.3 is 4.57 Å². The molecule has 2 nitrogen and oxygen atoms in total. The molecule has 4 aromatic rings. The van der Waals surface area contributed by atoms with Crippen molar-refractivity contribution in [1.82, 2.24) is 9.55 Å². The molecule has 1 unspecified atom stereocenters. The van der Waals surface area contributed by atoms with Crippen molar-refractivity contribution in [3.05, 3.63) is 88.4 Å². The molecule has 2 heterocycles. The van der Waals surface area contributed by atoms with E-state index in [1.54, 1.807) is 11.3 Å². The molecule has 0 aliphatic heterocycles. The molecule has 2 aromatic carbocycles. The summed E-state index contributed by atoms with van der Waals surface area (Å²) in [5.41, 5.74) is 3.58. The molecule has 23 heavy (non-hydrogen) atoms. The highest BCUT2D eigenvalue weighted by atomic mass is 32.1. The van der Waals surface area contributed by atoms with Crippen LogP contribution in [0.1, 0.15) is 29.2 Å². The molecule has 0 bridgehead atoms. The van der Waals surface area contributed by atoms with Crippen LogP contribution in [0.4, 0.5) is 0 Å². The van der Waals surface area contributed by atoms with Gasteiger partial charge in [0, 0.05) is 11.3 Å². The van der Waals surface area contributed by atoms with Crippen LogP contribution in [-0.4, -0.2) is 9.55 Å². The first-order valence-electron chi connectivity index (χ1n) is 7.86. The normalized spacial score (nSPS) is 12.6. The van der Waals surface area contributed by atoms with Gasteiger partial charge in [0.25, 0.3) is 0 Å². The van der Waals surface area contributed by atoms with E-state index < -0.39 is 0 Å². The molecule has 0 fully saturated rings. The van der Waals surface area contributed by atoms with Crippen molar-refractivity contribution in [1.29, 1.82) is 0 Å². The molecular formula is C20H18N2S. The third-order valence-corrected chi connectivity index (χ3v) is 5.13. The smallest absolute Gasteiger partial charge is 0.115 e. The number of hydrogen-bond donors (Lipinski definition) is 0. The highest BCUT2D eigenvalue weighted by molar-refractivity contribution is 7.09. The molecular weight excluding hydrogens is 300 g/mol. The van der Waals surface area contributed by atoms with Gasteiger partial charge in [-0.1, -0.05) is 48.5 Å². The largest absolute Gasteiger partial charge is 0.320 e. The van der Waals surface area contributed by atoms with Crippen molar-refractivity contribution in [3.63, 3.8) is 0 Å². The van der Waals surface area contributed by atoms with Gasteiger partial charge in [0.15, 0.2) is 0 Å². The summed E-state index contributed by atoms with van der Waals surface area (Å²) in [6.45, 7) is 2.25. The average molecular weight is 318 g/mol. The zero-order chi connectivity index (χ0) is 15.6. The Morgan fingerprint density at radius 3 is 2.52 bits per heavy atom. The van der Waals surface area contributed by atoms with Crippen molar-refractivity contribution in [2.75, 3.05) is 0 Å². The molecule has 114 valence electrons. The number of imidazole rings is 1. The Morgan fingerprint density at radius 1 is 0.957 bits per heavy atom. The van der Waals surface area contributed by atoms with Gasteiger partial charge in [-0.3, -0.25) is 0 Å². The second-order valence-electron chi connectivity index (χ2n) is 5.73. The minimum absolute atomic E-state index is 0.263. The molecule has 0 aliphatic rings. The van der Waals surface area contributed by atoms with E-state index >= 15 is 0 Å². The van der Waals surface area contributed by atoms with E-state index in [0.717, 1.165) is 17.8 Å². The molecule has 4 rings (SSSR count). The lowest BCUT2D eigenvalue weighted by Crippen LogP contribution is -2.10. The number of fused-ring (bicyclic) bond motifs is 1. The van der Waals surface area contributed by atoms with Gasteiger partial charge in [-0.15, -0.1) is 11.3 Å². The van der Waals surface area contributed by atoms with E-state index in [1.807, 2.05) is 0 Å². The number of thiophene rings is 1. The lowest BCUT2D eigenvalue weighted by Gasteiger charge is -2.18. The van der Waals surface area contributed by atoms with Gasteiger partial charge in [-0.25, -0.2) is 4.98 Å². The highest BCUT2D eigenvalue weighted by Crippen LogP contribution is 2.27. The summed E-state index contributed by atoms with van der Waals surface area (Å²) in [6.07, 6.45) is 0.878. The first-order chi connectivity index (χ1) is 11.3. The maximum atomic E-state index is 4.90. The minimum atomic E-state index is 0.263. The number of hydrogen-bond acceptors (Lipinski definition) is 2. The molecule has 0 saturated carbocycles. The number of benzene rings is 2. The lowest BCUT2D eigenvalue weighted by molar-refractivity contribution is 0.628. The molecule has 2 aromatic heterocycles. The van der Waals surface area contributed by atoms with Crippen LogP contribution in [-0.2, 0) is 6.42 Å². The maximum Gasteiger partial charge on any atom is 0.115 e. The Hall–Kier alpha value is -2.39. The maximum absolute atomic E-state index is 4.90. The van der Waals surface area contributed by atoms with Gasteiger partial charge >= 0.3 is 0 Å². The molecule has 0 saturated heterocycles. The van der Waals surface area contributed by atoms with Crippen LogP contribution >= 0.6 is 11.3 Å². The average Bonchev–Trinajstić information content (AvgIpc) is 3.22. The highest BCUT2D eigenvalue weighted by Gasteiger charge is 2.17. The van der Waals surface area contributed by atoms with Crippen molar-refractivity contribution < 1.29 is 0 Å². The van der Waals surface area contributed by atoms with E-state index in [-0.39, 0.29) is 6.04 Å². The predicted molar refractivity (Wildman–Crippen MR) is 97.1 cm³/mol. The molecule has 1 atom stereocenters. The van der Waals surface area contributed by atoms with Crippen LogP contribution in [0.2, 0.25) is 0 Å². The monoisotopic (exact) mass is 318 g/mol. The Kier molecular flexibility index (Phi) is 3.72. The Bertz CT molecular complexity index is 907. The summed E-state index contributed by atoms with van der Waals surface area (Å²) in [7, 11) is 0. The fourth-order valence-electron chi connectivity index (χ4n) is 3.10. The van der Waals surface area contributed by atoms with Crippen LogP contribution in [0.3, 0.4) is 0 Å².